The van der Waals surface area contributed by atoms with Crippen molar-refractivity contribution in [3.05, 3.63) is 0 Å². The molecular weight excluding hydrogens is 244 g/mol. The lowest BCUT2D eigenvalue weighted by molar-refractivity contribution is -0.119. The molecule has 0 unspecified atom stereocenters. The van der Waals surface area contributed by atoms with Crippen LogP contribution in [-0.4, -0.2) is 22.9 Å². The number of thioether (sulfide) groups is 1. The Hall–Kier alpha value is -0.510. The molecule has 18 heavy (non-hydrogen) atoms. The van der Waals surface area contributed by atoms with Gasteiger partial charge in [-0.05, 0) is 42.9 Å². The maximum absolute atomic E-state index is 11.7. The van der Waals surface area contributed by atoms with E-state index in [0.29, 0.717) is 5.92 Å². The molecule has 0 radical (unpaired) electrons. The number of aliphatic imine (C=N–C) groups is 1. The Morgan fingerprint density at radius 3 is 2.78 bits per heavy atom. The quantitative estimate of drug-likeness (QED) is 0.853. The van der Waals surface area contributed by atoms with E-state index in [9.17, 15) is 4.79 Å². The van der Waals surface area contributed by atoms with Crippen molar-refractivity contribution in [2.75, 3.05) is 6.54 Å². The second kappa shape index (κ2) is 4.87. The zero-order valence-electron chi connectivity index (χ0n) is 11.2. The maximum Gasteiger partial charge on any atom is 0.239 e. The van der Waals surface area contributed by atoms with Gasteiger partial charge in [-0.2, -0.15) is 0 Å². The average molecular weight is 266 g/mol. The number of carbonyl (C=O) groups excluding carboxylic acids is 1. The summed E-state index contributed by atoms with van der Waals surface area (Å²) < 4.78 is 0. The lowest BCUT2D eigenvalue weighted by Gasteiger charge is -2.19. The van der Waals surface area contributed by atoms with Crippen molar-refractivity contribution in [2.24, 2.45) is 28.7 Å². The normalized spacial score (nSPS) is 41.1. The number of nitrogens with zero attached hydrogens (tertiary/aromatic N) is 1. The number of carbonyl (C=O) groups is 1. The summed E-state index contributed by atoms with van der Waals surface area (Å²) in [5, 5.41) is 3.85. The van der Waals surface area contributed by atoms with Crippen molar-refractivity contribution in [1.82, 2.24) is 5.32 Å². The Morgan fingerprint density at radius 2 is 2.22 bits per heavy atom. The molecule has 3 aliphatic rings. The van der Waals surface area contributed by atoms with E-state index in [2.05, 4.69) is 24.2 Å². The van der Waals surface area contributed by atoms with Gasteiger partial charge in [0.15, 0.2) is 5.17 Å². The van der Waals surface area contributed by atoms with Crippen molar-refractivity contribution in [1.29, 1.82) is 0 Å². The highest BCUT2D eigenvalue weighted by molar-refractivity contribution is 8.15. The molecule has 1 amide bonds. The molecule has 4 atom stereocenters. The van der Waals surface area contributed by atoms with E-state index in [1.165, 1.54) is 25.7 Å². The van der Waals surface area contributed by atoms with Crippen LogP contribution in [0.1, 0.15) is 39.5 Å². The fraction of sp³-hybridized carbons (Fsp3) is 0.857. The van der Waals surface area contributed by atoms with E-state index >= 15 is 0 Å². The Bertz CT molecular complexity index is 380. The molecule has 3 fully saturated rings. The molecule has 3 nitrogen and oxygen atoms in total. The molecule has 4 heteroatoms. The Morgan fingerprint density at radius 1 is 1.39 bits per heavy atom. The van der Waals surface area contributed by atoms with Crippen LogP contribution >= 0.6 is 11.8 Å². The number of hydrogen-bond acceptors (Lipinski definition) is 3. The maximum atomic E-state index is 11.7. The van der Waals surface area contributed by atoms with Crippen molar-refractivity contribution in [2.45, 2.75) is 44.8 Å². The first kappa shape index (κ1) is 12.5. The van der Waals surface area contributed by atoms with Gasteiger partial charge in [-0.3, -0.25) is 9.79 Å². The SMILES string of the molecule is CC(C)[C@H]1SC(=NC[C@H]2C[C@@H]3CC[C@H]2C3)NC1=O. The van der Waals surface area contributed by atoms with E-state index < -0.39 is 0 Å². The van der Waals surface area contributed by atoms with Crippen LogP contribution < -0.4 is 5.32 Å². The highest BCUT2D eigenvalue weighted by atomic mass is 32.2. The highest BCUT2D eigenvalue weighted by Gasteiger charge is 2.39. The molecule has 100 valence electrons. The van der Waals surface area contributed by atoms with Crippen LogP contribution in [0.5, 0.6) is 0 Å². The molecule has 0 spiro atoms. The van der Waals surface area contributed by atoms with Crippen molar-refractivity contribution in [3.8, 4) is 0 Å². The fourth-order valence-electron chi connectivity index (χ4n) is 3.70. The van der Waals surface area contributed by atoms with Gasteiger partial charge < -0.3 is 5.32 Å². The first-order valence-electron chi connectivity index (χ1n) is 7.15. The predicted molar refractivity (Wildman–Crippen MR) is 75.6 cm³/mol. The minimum atomic E-state index is 0.0591. The first-order chi connectivity index (χ1) is 8.63. The molecule has 3 rings (SSSR count). The smallest absolute Gasteiger partial charge is 0.239 e. The Labute approximate surface area is 113 Å². The van der Waals surface area contributed by atoms with E-state index in [1.807, 2.05) is 0 Å². The predicted octanol–water partition coefficient (Wildman–Crippen LogP) is 2.67. The van der Waals surface area contributed by atoms with E-state index in [4.69, 9.17) is 0 Å². The summed E-state index contributed by atoms with van der Waals surface area (Å²) in [6.07, 6.45) is 5.66. The van der Waals surface area contributed by atoms with Crippen LogP contribution in [-0.2, 0) is 4.79 Å². The summed E-state index contributed by atoms with van der Waals surface area (Å²) >= 11 is 1.62. The van der Waals surface area contributed by atoms with Crippen LogP contribution in [0, 0.1) is 23.7 Å². The summed E-state index contributed by atoms with van der Waals surface area (Å²) in [4.78, 5) is 16.4. The lowest BCUT2D eigenvalue weighted by Crippen LogP contribution is -2.28. The first-order valence-corrected chi connectivity index (χ1v) is 8.03. The van der Waals surface area contributed by atoms with E-state index in [1.54, 1.807) is 11.8 Å². The van der Waals surface area contributed by atoms with Gasteiger partial charge in [-0.25, -0.2) is 0 Å². The van der Waals surface area contributed by atoms with E-state index in [-0.39, 0.29) is 11.2 Å². The van der Waals surface area contributed by atoms with Crippen LogP contribution in [0.2, 0.25) is 0 Å². The summed E-state index contributed by atoms with van der Waals surface area (Å²) in [5.41, 5.74) is 0. The lowest BCUT2D eigenvalue weighted by atomic mass is 9.89. The van der Waals surface area contributed by atoms with Gasteiger partial charge in [0, 0.05) is 6.54 Å². The van der Waals surface area contributed by atoms with Crippen LogP contribution in [0.15, 0.2) is 4.99 Å². The van der Waals surface area contributed by atoms with Crippen molar-refractivity contribution in [3.63, 3.8) is 0 Å². The average Bonchev–Trinajstić information content (AvgIpc) is 3.00. The molecule has 2 bridgehead atoms. The molecule has 1 aliphatic heterocycles. The summed E-state index contributed by atoms with van der Waals surface area (Å²) in [6, 6.07) is 0. The standard InChI is InChI=1S/C14H22N2OS/c1-8(2)12-13(17)16-14(18-12)15-7-11-6-9-3-4-10(11)5-9/h8-12H,3-7H2,1-2H3,(H,15,16,17)/t9-,10+,11-,12-/m1/s1. The second-order valence-electron chi connectivity index (χ2n) is 6.35. The van der Waals surface area contributed by atoms with Gasteiger partial charge in [-0.1, -0.05) is 32.0 Å². The Kier molecular flexibility index (Phi) is 3.39. The number of amides is 1. The third-order valence-corrected chi connectivity index (χ3v) is 6.15. The zero-order chi connectivity index (χ0) is 12.7. The molecule has 2 aliphatic carbocycles. The van der Waals surface area contributed by atoms with Gasteiger partial charge >= 0.3 is 0 Å². The molecular formula is C14H22N2OS. The molecule has 1 N–H and O–H groups in total. The molecule has 0 aromatic rings. The topological polar surface area (TPSA) is 41.5 Å². The number of amidine groups is 1. The van der Waals surface area contributed by atoms with Crippen LogP contribution in [0.3, 0.4) is 0 Å². The molecule has 0 aromatic heterocycles. The number of hydrogen-bond donors (Lipinski definition) is 1. The van der Waals surface area contributed by atoms with Gasteiger partial charge in [0.2, 0.25) is 5.91 Å². The third-order valence-electron chi connectivity index (χ3n) is 4.69. The minimum absolute atomic E-state index is 0.0591. The number of nitrogens with one attached hydrogen (secondary N) is 1. The second-order valence-corrected chi connectivity index (χ2v) is 7.48. The third kappa shape index (κ3) is 2.31. The van der Waals surface area contributed by atoms with Crippen molar-refractivity contribution < 1.29 is 4.79 Å². The summed E-state index contributed by atoms with van der Waals surface area (Å²) in [7, 11) is 0. The van der Waals surface area contributed by atoms with Gasteiger partial charge in [0.05, 0.1) is 5.25 Å². The monoisotopic (exact) mass is 266 g/mol. The molecule has 0 aromatic carbocycles. The largest absolute Gasteiger partial charge is 0.304 e. The fourth-order valence-corrected chi connectivity index (χ4v) is 4.68. The highest BCUT2D eigenvalue weighted by Crippen LogP contribution is 2.48. The van der Waals surface area contributed by atoms with Crippen LogP contribution in [0.25, 0.3) is 0 Å². The van der Waals surface area contributed by atoms with Crippen LogP contribution in [0.4, 0.5) is 0 Å². The Balaban J connectivity index is 1.56. The van der Waals surface area contributed by atoms with Gasteiger partial charge in [0.1, 0.15) is 0 Å². The number of rotatable bonds is 3. The van der Waals surface area contributed by atoms with Gasteiger partial charge in [0.25, 0.3) is 0 Å². The number of fused-ring (bicyclic) bond motifs is 2. The molecule has 1 saturated heterocycles. The minimum Gasteiger partial charge on any atom is -0.304 e. The molecule has 1 heterocycles. The summed E-state index contributed by atoms with van der Waals surface area (Å²) in [6.45, 7) is 5.11. The van der Waals surface area contributed by atoms with E-state index in [0.717, 1.165) is 29.5 Å². The van der Waals surface area contributed by atoms with Gasteiger partial charge in [-0.15, -0.1) is 0 Å². The zero-order valence-corrected chi connectivity index (χ0v) is 12.0. The molecule has 2 saturated carbocycles. The summed E-state index contributed by atoms with van der Waals surface area (Å²) in [5.74, 6) is 3.20. The van der Waals surface area contributed by atoms with Crippen molar-refractivity contribution >= 4 is 22.8 Å².